The van der Waals surface area contributed by atoms with Crippen LogP contribution in [-0.2, 0) is 20.8 Å². The number of methoxy groups -OCH3 is 1. The Balaban J connectivity index is 1.89. The van der Waals surface area contributed by atoms with Gasteiger partial charge in [-0.1, -0.05) is 42.5 Å². The highest BCUT2D eigenvalue weighted by Gasteiger charge is 2.24. The Morgan fingerprint density at radius 1 is 1.21 bits per heavy atom. The number of halogens is 1. The van der Waals surface area contributed by atoms with Gasteiger partial charge < -0.3 is 14.2 Å². The van der Waals surface area contributed by atoms with Crippen LogP contribution in [0.3, 0.4) is 0 Å². The molecule has 0 amide bonds. The summed E-state index contributed by atoms with van der Waals surface area (Å²) < 4.78 is 30.9. The van der Waals surface area contributed by atoms with Gasteiger partial charge in [0.15, 0.2) is 6.29 Å². The van der Waals surface area contributed by atoms with Gasteiger partial charge in [-0.2, -0.15) is 0 Å². The topological polar surface area (TPSA) is 27.7 Å². The van der Waals surface area contributed by atoms with Crippen molar-refractivity contribution in [1.29, 1.82) is 0 Å². The first-order chi connectivity index (χ1) is 11.7. The highest BCUT2D eigenvalue weighted by atomic mass is 19.1. The summed E-state index contributed by atoms with van der Waals surface area (Å²) in [5.41, 5.74) is 3.14. The predicted molar refractivity (Wildman–Crippen MR) is 90.9 cm³/mol. The molecule has 0 atom stereocenters. The van der Waals surface area contributed by atoms with Crippen molar-refractivity contribution in [2.75, 3.05) is 20.3 Å². The van der Waals surface area contributed by atoms with E-state index in [9.17, 15) is 4.39 Å². The average Bonchev–Trinajstić information content (AvgIpc) is 2.64. The molecule has 3 rings (SSSR count). The van der Waals surface area contributed by atoms with Crippen LogP contribution in [0.5, 0.6) is 0 Å². The maximum Gasteiger partial charge on any atom is 0.184 e. The molecule has 0 saturated carbocycles. The van der Waals surface area contributed by atoms with Crippen LogP contribution < -0.4 is 0 Å². The molecule has 24 heavy (non-hydrogen) atoms. The lowest BCUT2D eigenvalue weighted by molar-refractivity contribution is -0.197. The third kappa shape index (κ3) is 3.56. The van der Waals surface area contributed by atoms with Gasteiger partial charge in [0.1, 0.15) is 5.82 Å². The Kier molecular flexibility index (Phi) is 5.41. The number of hydrogen-bond acceptors (Lipinski definition) is 3. The van der Waals surface area contributed by atoms with Crippen molar-refractivity contribution in [3.63, 3.8) is 0 Å². The lowest BCUT2D eigenvalue weighted by atomic mass is 9.97. The van der Waals surface area contributed by atoms with Crippen LogP contribution >= 0.6 is 0 Å². The van der Waals surface area contributed by atoms with E-state index in [4.69, 9.17) is 14.2 Å². The van der Waals surface area contributed by atoms with Crippen LogP contribution in [0.15, 0.2) is 55.1 Å². The molecule has 126 valence electrons. The molecule has 0 aromatic heterocycles. The van der Waals surface area contributed by atoms with Crippen molar-refractivity contribution < 1.29 is 18.6 Å². The van der Waals surface area contributed by atoms with Crippen LogP contribution in [0.25, 0.3) is 11.1 Å². The van der Waals surface area contributed by atoms with Gasteiger partial charge in [-0.25, -0.2) is 4.39 Å². The minimum absolute atomic E-state index is 0.208. The molecule has 0 bridgehead atoms. The maximum absolute atomic E-state index is 14.2. The van der Waals surface area contributed by atoms with Crippen molar-refractivity contribution in [1.82, 2.24) is 0 Å². The van der Waals surface area contributed by atoms with Crippen LogP contribution in [0.1, 0.15) is 17.4 Å². The molecule has 2 aromatic carbocycles. The number of rotatable bonds is 5. The van der Waals surface area contributed by atoms with Crippen LogP contribution in [0.4, 0.5) is 4.39 Å². The van der Waals surface area contributed by atoms with E-state index in [1.807, 2.05) is 36.4 Å². The summed E-state index contributed by atoms with van der Waals surface area (Å²) in [6, 6.07) is 12.9. The fourth-order valence-corrected chi connectivity index (χ4v) is 2.79. The van der Waals surface area contributed by atoms with Crippen molar-refractivity contribution in [2.45, 2.75) is 12.9 Å². The fourth-order valence-electron chi connectivity index (χ4n) is 2.79. The Bertz CT molecular complexity index is 706. The van der Waals surface area contributed by atoms with E-state index >= 15 is 0 Å². The maximum atomic E-state index is 14.2. The van der Waals surface area contributed by atoms with Crippen LogP contribution in [0.2, 0.25) is 0 Å². The molecule has 1 aliphatic rings. The SMILES string of the molecule is C=CC1COC(c2ccccc2-c2ccc(COC)c(F)c2)OC1. The number of hydrogen-bond donors (Lipinski definition) is 0. The minimum atomic E-state index is -0.445. The second-order valence-electron chi connectivity index (χ2n) is 5.82. The number of benzene rings is 2. The Morgan fingerprint density at radius 2 is 1.96 bits per heavy atom. The van der Waals surface area contributed by atoms with Crippen molar-refractivity contribution in [2.24, 2.45) is 5.92 Å². The van der Waals surface area contributed by atoms with E-state index in [1.54, 1.807) is 13.2 Å². The molecule has 0 spiro atoms. The molecule has 3 nitrogen and oxygen atoms in total. The van der Waals surface area contributed by atoms with Gasteiger partial charge in [-0.15, -0.1) is 6.58 Å². The van der Waals surface area contributed by atoms with Crippen LogP contribution in [0, 0.1) is 11.7 Å². The predicted octanol–water partition coefficient (Wildman–Crippen LogP) is 4.49. The molecular formula is C20H21FO3. The highest BCUT2D eigenvalue weighted by Crippen LogP contribution is 2.34. The molecule has 0 unspecified atom stereocenters. The largest absolute Gasteiger partial charge is 0.380 e. The summed E-state index contributed by atoms with van der Waals surface area (Å²) in [6.45, 7) is 5.17. The van der Waals surface area contributed by atoms with E-state index in [2.05, 4.69) is 6.58 Å². The first-order valence-electron chi connectivity index (χ1n) is 7.95. The minimum Gasteiger partial charge on any atom is -0.380 e. The second-order valence-corrected chi connectivity index (χ2v) is 5.82. The summed E-state index contributed by atoms with van der Waals surface area (Å²) in [7, 11) is 1.55. The van der Waals surface area contributed by atoms with E-state index in [0.717, 1.165) is 16.7 Å². The van der Waals surface area contributed by atoms with E-state index < -0.39 is 6.29 Å². The molecule has 0 N–H and O–H groups in total. The van der Waals surface area contributed by atoms with Gasteiger partial charge in [0.05, 0.1) is 19.8 Å². The van der Waals surface area contributed by atoms with Gasteiger partial charge in [-0.3, -0.25) is 0 Å². The van der Waals surface area contributed by atoms with Crippen molar-refractivity contribution in [3.8, 4) is 11.1 Å². The Hall–Kier alpha value is -2.01. The summed E-state index contributed by atoms with van der Waals surface area (Å²) in [6.07, 6.45) is 1.39. The average molecular weight is 328 g/mol. The van der Waals surface area contributed by atoms with Gasteiger partial charge in [0, 0.05) is 24.2 Å². The molecule has 0 aliphatic carbocycles. The first kappa shape index (κ1) is 16.8. The lowest BCUT2D eigenvalue weighted by Crippen LogP contribution is -2.26. The molecule has 1 heterocycles. The van der Waals surface area contributed by atoms with Gasteiger partial charge in [0.25, 0.3) is 0 Å². The van der Waals surface area contributed by atoms with Gasteiger partial charge in [0.2, 0.25) is 0 Å². The van der Waals surface area contributed by atoms with Gasteiger partial charge in [-0.05, 0) is 17.2 Å². The summed E-state index contributed by atoms with van der Waals surface area (Å²) in [5.74, 6) is -0.0689. The quantitative estimate of drug-likeness (QED) is 0.757. The van der Waals surface area contributed by atoms with E-state index in [0.29, 0.717) is 18.8 Å². The van der Waals surface area contributed by atoms with E-state index in [1.165, 1.54) is 6.07 Å². The molecule has 1 aliphatic heterocycles. The number of ether oxygens (including phenoxy) is 3. The Labute approximate surface area is 141 Å². The smallest absolute Gasteiger partial charge is 0.184 e. The summed E-state index contributed by atoms with van der Waals surface area (Å²) in [4.78, 5) is 0. The molecule has 4 heteroatoms. The molecule has 1 saturated heterocycles. The monoisotopic (exact) mass is 328 g/mol. The third-order valence-electron chi connectivity index (χ3n) is 4.14. The standard InChI is InChI=1S/C20H21FO3/c1-3-14-11-23-20(24-12-14)18-7-5-4-6-17(18)15-8-9-16(13-22-2)19(21)10-15/h3-10,14,20H,1,11-13H2,2H3. The lowest BCUT2D eigenvalue weighted by Gasteiger charge is -2.29. The van der Waals surface area contributed by atoms with Crippen molar-refractivity contribution >= 4 is 0 Å². The molecule has 0 radical (unpaired) electrons. The Morgan fingerprint density at radius 3 is 2.62 bits per heavy atom. The zero-order chi connectivity index (χ0) is 16.9. The fraction of sp³-hybridized carbons (Fsp3) is 0.300. The van der Waals surface area contributed by atoms with E-state index in [-0.39, 0.29) is 18.3 Å². The summed E-state index contributed by atoms with van der Waals surface area (Å²) in [5, 5.41) is 0. The highest BCUT2D eigenvalue weighted by molar-refractivity contribution is 5.68. The van der Waals surface area contributed by atoms with Crippen LogP contribution in [-0.4, -0.2) is 20.3 Å². The van der Waals surface area contributed by atoms with Gasteiger partial charge >= 0.3 is 0 Å². The zero-order valence-corrected chi connectivity index (χ0v) is 13.7. The summed E-state index contributed by atoms with van der Waals surface area (Å²) >= 11 is 0. The molecule has 2 aromatic rings. The molecule has 1 fully saturated rings. The molecular weight excluding hydrogens is 307 g/mol. The zero-order valence-electron chi connectivity index (χ0n) is 13.7. The first-order valence-corrected chi connectivity index (χ1v) is 7.95. The second kappa shape index (κ2) is 7.71. The van der Waals surface area contributed by atoms with Crippen molar-refractivity contribution in [3.05, 3.63) is 72.1 Å². The third-order valence-corrected chi connectivity index (χ3v) is 4.14. The normalized spacial score (nSPS) is 20.8.